The Morgan fingerprint density at radius 2 is 1.81 bits per heavy atom. The number of nitrogens with zero attached hydrogens (tertiary/aromatic N) is 3. The van der Waals surface area contributed by atoms with Gasteiger partial charge in [0, 0.05) is 23.2 Å². The Bertz CT molecular complexity index is 2030. The summed E-state index contributed by atoms with van der Waals surface area (Å²) in [6, 6.07) is 26.4. The van der Waals surface area contributed by atoms with Gasteiger partial charge in [-0.1, -0.05) is 54.6 Å². The van der Waals surface area contributed by atoms with Crippen LogP contribution >= 0.6 is 0 Å². The maximum Gasteiger partial charge on any atom is 0.273 e. The summed E-state index contributed by atoms with van der Waals surface area (Å²) in [6.07, 6.45) is 5.45. The molecule has 0 aromatic heterocycles. The summed E-state index contributed by atoms with van der Waals surface area (Å²) in [6.45, 7) is 2.67. The highest BCUT2D eigenvalue weighted by atomic mass is 32.2. The van der Waals surface area contributed by atoms with E-state index in [9.17, 15) is 23.3 Å². The first-order valence-electron chi connectivity index (χ1n) is 15.4. The van der Waals surface area contributed by atoms with E-state index in [1.54, 1.807) is 19.1 Å². The third-order valence-corrected chi connectivity index (χ3v) is 10.7. The molecule has 4 aromatic carbocycles. The van der Waals surface area contributed by atoms with E-state index in [0.717, 1.165) is 33.6 Å². The van der Waals surface area contributed by atoms with Gasteiger partial charge in [-0.2, -0.15) is 5.10 Å². The Morgan fingerprint density at radius 1 is 1.06 bits per heavy atom. The van der Waals surface area contributed by atoms with Crippen molar-refractivity contribution in [1.29, 1.82) is 0 Å². The topological polar surface area (TPSA) is 143 Å². The van der Waals surface area contributed by atoms with Crippen LogP contribution in [0.2, 0.25) is 0 Å². The molecule has 0 bridgehead atoms. The molecule has 1 amide bonds. The van der Waals surface area contributed by atoms with Gasteiger partial charge in [-0.05, 0) is 85.3 Å². The van der Waals surface area contributed by atoms with E-state index in [1.807, 2.05) is 18.2 Å². The number of anilines is 2. The summed E-state index contributed by atoms with van der Waals surface area (Å²) < 4.78 is 33.8. The van der Waals surface area contributed by atoms with Gasteiger partial charge in [0.05, 0.1) is 34.4 Å². The summed E-state index contributed by atoms with van der Waals surface area (Å²) in [5, 5.41) is 19.6. The molecule has 0 fully saturated rings. The van der Waals surface area contributed by atoms with Crippen LogP contribution in [0.5, 0.6) is 5.75 Å². The van der Waals surface area contributed by atoms with E-state index in [0.29, 0.717) is 22.9 Å². The van der Waals surface area contributed by atoms with E-state index in [4.69, 9.17) is 4.74 Å². The lowest BCUT2D eigenvalue weighted by molar-refractivity contribution is -0.385. The number of rotatable bonds is 10. The molecule has 0 spiro atoms. The summed E-state index contributed by atoms with van der Waals surface area (Å²) in [5.74, 6) is 0.393. The van der Waals surface area contributed by atoms with Gasteiger partial charge in [-0.25, -0.2) is 13.8 Å². The van der Waals surface area contributed by atoms with Crippen molar-refractivity contribution in [1.82, 2.24) is 5.43 Å². The normalized spacial score (nSPS) is 18.3. The van der Waals surface area contributed by atoms with Gasteiger partial charge >= 0.3 is 0 Å². The second-order valence-corrected chi connectivity index (χ2v) is 13.7. The van der Waals surface area contributed by atoms with Crippen molar-refractivity contribution in [3.8, 4) is 5.75 Å². The Balaban J connectivity index is 1.24. The average molecular weight is 666 g/mol. The molecule has 3 atom stereocenters. The van der Waals surface area contributed by atoms with Gasteiger partial charge in [-0.15, -0.1) is 0 Å². The molecule has 0 radical (unpaired) electrons. The fourth-order valence-electron chi connectivity index (χ4n) is 6.32. The van der Waals surface area contributed by atoms with Crippen molar-refractivity contribution < 1.29 is 22.9 Å². The molecule has 246 valence electrons. The molecule has 4 aromatic rings. The second kappa shape index (κ2) is 13.3. The number of amides is 1. The number of benzene rings is 4. The number of methoxy groups -OCH3 is 1. The molecule has 2 N–H and O–H groups in total. The third-order valence-electron chi connectivity index (χ3n) is 8.90. The molecule has 12 heteroatoms. The monoisotopic (exact) mass is 665 g/mol. The van der Waals surface area contributed by atoms with Crippen molar-refractivity contribution in [2.75, 3.05) is 23.3 Å². The van der Waals surface area contributed by atoms with Crippen molar-refractivity contribution in [2.24, 2.45) is 11.0 Å². The number of hydrazone groups is 1. The number of nitro groups is 1. The molecule has 1 aliphatic heterocycles. The van der Waals surface area contributed by atoms with Crippen LogP contribution in [-0.4, -0.2) is 38.6 Å². The maximum absolute atomic E-state index is 13.9. The number of fused-ring (bicyclic) bond motifs is 3. The zero-order valence-corrected chi connectivity index (χ0v) is 27.5. The zero-order chi connectivity index (χ0) is 34.0. The van der Waals surface area contributed by atoms with Crippen LogP contribution < -0.4 is 19.8 Å². The molecule has 6 rings (SSSR count). The van der Waals surface area contributed by atoms with E-state index in [-0.39, 0.29) is 28.2 Å². The molecule has 1 heterocycles. The predicted octanol–water partition coefficient (Wildman–Crippen LogP) is 6.47. The number of hydrogen-bond acceptors (Lipinski definition) is 8. The zero-order valence-electron chi connectivity index (χ0n) is 26.7. The Morgan fingerprint density at radius 3 is 2.52 bits per heavy atom. The van der Waals surface area contributed by atoms with Gasteiger partial charge in [0.1, 0.15) is 12.3 Å². The average Bonchev–Trinajstić information content (AvgIpc) is 3.60. The van der Waals surface area contributed by atoms with Crippen LogP contribution in [0, 0.1) is 23.0 Å². The molecule has 0 saturated carbocycles. The van der Waals surface area contributed by atoms with Crippen molar-refractivity contribution in [3.05, 3.63) is 136 Å². The molecule has 3 unspecified atom stereocenters. The first-order chi connectivity index (χ1) is 23.1. The number of nitro benzene ring substituents is 1. The number of ether oxygens (including phenoxy) is 1. The van der Waals surface area contributed by atoms with Gasteiger partial charge in [0.2, 0.25) is 0 Å². The van der Waals surface area contributed by atoms with Crippen molar-refractivity contribution in [3.63, 3.8) is 0 Å². The second-order valence-electron chi connectivity index (χ2n) is 11.8. The van der Waals surface area contributed by atoms with E-state index in [1.165, 1.54) is 43.9 Å². The molecule has 2 aliphatic rings. The third kappa shape index (κ3) is 6.39. The fourth-order valence-corrected chi connectivity index (χ4v) is 7.77. The summed E-state index contributed by atoms with van der Waals surface area (Å²) >= 11 is 0. The van der Waals surface area contributed by atoms with Crippen LogP contribution in [0.25, 0.3) is 0 Å². The van der Waals surface area contributed by atoms with Crippen LogP contribution in [0.1, 0.15) is 47.6 Å². The standard InChI is InChI=1S/C36H35N5O6S/c1-23-12-18-29(21-34(23)41(43)44)48(45,46)40(27-14-16-28(47-3)17-15-27)22-35(42)39-38-24(2)26-13-19-33-32(20-26)30-10-7-11-31(30)36(37-33)25-8-5-4-6-9-25/h4-10,12-21,30-31,36-37H,11,22H2,1-3H3,(H,39,42)/b38-24+. The quantitative estimate of drug-likeness (QED) is 0.0855. The SMILES string of the molecule is COc1ccc(N(CC(=O)N/N=C(\C)c2ccc3c(c2)C2C=CCC2C(c2ccccc2)N3)S(=O)(=O)c2ccc(C)c([N+](=O)[O-])c2)cc1. The highest BCUT2D eigenvalue weighted by Gasteiger charge is 2.38. The summed E-state index contributed by atoms with van der Waals surface area (Å²) in [4.78, 5) is 23.9. The minimum absolute atomic E-state index is 0.171. The lowest BCUT2D eigenvalue weighted by atomic mass is 9.76. The minimum Gasteiger partial charge on any atom is -0.497 e. The van der Waals surface area contributed by atoms with E-state index in [2.05, 4.69) is 58.3 Å². The predicted molar refractivity (Wildman–Crippen MR) is 185 cm³/mol. The lowest BCUT2D eigenvalue weighted by Crippen LogP contribution is -2.39. The largest absolute Gasteiger partial charge is 0.497 e. The van der Waals surface area contributed by atoms with Crippen LogP contribution in [-0.2, 0) is 14.8 Å². The van der Waals surface area contributed by atoms with E-state index >= 15 is 0 Å². The molecular formula is C36H35N5O6S. The summed E-state index contributed by atoms with van der Waals surface area (Å²) in [7, 11) is -2.93. The number of hydrogen-bond donors (Lipinski definition) is 2. The Labute approximate surface area is 279 Å². The fraction of sp³-hybridized carbons (Fsp3) is 0.222. The number of nitrogens with one attached hydrogen (secondary N) is 2. The first-order valence-corrected chi connectivity index (χ1v) is 16.9. The lowest BCUT2D eigenvalue weighted by Gasteiger charge is -2.37. The maximum atomic E-state index is 13.9. The first kappa shape index (κ1) is 32.5. The van der Waals surface area contributed by atoms with Gasteiger partial charge < -0.3 is 10.1 Å². The highest BCUT2D eigenvalue weighted by molar-refractivity contribution is 7.92. The molecule has 11 nitrogen and oxygen atoms in total. The Hall–Kier alpha value is -5.49. The van der Waals surface area contributed by atoms with Crippen LogP contribution in [0.15, 0.2) is 113 Å². The highest BCUT2D eigenvalue weighted by Crippen LogP contribution is 2.50. The Kier molecular flexibility index (Phi) is 9.01. The number of carbonyl (C=O) groups is 1. The number of aryl methyl sites for hydroxylation is 1. The van der Waals surface area contributed by atoms with Gasteiger partial charge in [-0.3, -0.25) is 19.2 Å². The molecule has 0 saturated heterocycles. The minimum atomic E-state index is -4.41. The molecular weight excluding hydrogens is 630 g/mol. The van der Waals surface area contributed by atoms with Crippen LogP contribution in [0.3, 0.4) is 0 Å². The summed E-state index contributed by atoms with van der Waals surface area (Å²) in [5.41, 5.74) is 7.46. The number of carbonyl (C=O) groups excluding carboxylic acids is 1. The van der Waals surface area contributed by atoms with Crippen molar-refractivity contribution >= 4 is 38.7 Å². The van der Waals surface area contributed by atoms with Gasteiger partial charge in [0.15, 0.2) is 0 Å². The van der Waals surface area contributed by atoms with E-state index < -0.39 is 27.4 Å². The number of sulfonamides is 1. The van der Waals surface area contributed by atoms with Crippen LogP contribution in [0.4, 0.5) is 17.1 Å². The number of allylic oxidation sites excluding steroid dienone is 2. The smallest absolute Gasteiger partial charge is 0.273 e. The molecule has 48 heavy (non-hydrogen) atoms. The van der Waals surface area contributed by atoms with Gasteiger partial charge in [0.25, 0.3) is 21.6 Å². The van der Waals surface area contributed by atoms with Crippen molar-refractivity contribution in [2.45, 2.75) is 37.1 Å². The molecule has 1 aliphatic carbocycles.